The summed E-state index contributed by atoms with van der Waals surface area (Å²) in [6, 6.07) is 8.28. The van der Waals surface area contributed by atoms with Crippen LogP contribution in [-0.2, 0) is 6.54 Å². The number of benzene rings is 1. The third-order valence-corrected chi connectivity index (χ3v) is 3.97. The molecule has 3 rings (SSSR count). The Morgan fingerprint density at radius 1 is 1.36 bits per heavy atom. The van der Waals surface area contributed by atoms with Crippen LogP contribution in [0.1, 0.15) is 23.3 Å². The summed E-state index contributed by atoms with van der Waals surface area (Å²) in [5.41, 5.74) is 1.16. The minimum Gasteiger partial charge on any atom is -0.445 e. The van der Waals surface area contributed by atoms with Gasteiger partial charge in [0.25, 0.3) is 0 Å². The lowest BCUT2D eigenvalue weighted by Gasteiger charge is -2.36. The molecule has 1 atom stereocenters. The van der Waals surface area contributed by atoms with Crippen LogP contribution in [0.5, 0.6) is 0 Å². The van der Waals surface area contributed by atoms with Gasteiger partial charge in [-0.25, -0.2) is 4.98 Å². The topological polar surface area (TPSA) is 41.3 Å². The van der Waals surface area contributed by atoms with Crippen molar-refractivity contribution in [1.29, 1.82) is 0 Å². The molecule has 22 heavy (non-hydrogen) atoms. The van der Waals surface area contributed by atoms with Gasteiger partial charge in [-0.2, -0.15) is 0 Å². The van der Waals surface area contributed by atoms with Crippen molar-refractivity contribution in [3.8, 4) is 0 Å². The Kier molecular flexibility index (Phi) is 7.66. The molecule has 1 aromatic carbocycles. The lowest BCUT2D eigenvalue weighted by molar-refractivity contribution is 0.139. The Labute approximate surface area is 148 Å². The molecule has 1 aliphatic rings. The summed E-state index contributed by atoms with van der Waals surface area (Å²) in [4.78, 5) is 6.66. The first-order valence-corrected chi connectivity index (χ1v) is 7.22. The van der Waals surface area contributed by atoms with Gasteiger partial charge in [-0.15, -0.1) is 24.8 Å². The zero-order valence-corrected chi connectivity index (χ0v) is 14.7. The second-order valence-corrected chi connectivity index (χ2v) is 5.48. The van der Waals surface area contributed by atoms with E-state index in [2.05, 4.69) is 21.3 Å². The number of aromatic nitrogens is 1. The molecule has 1 fully saturated rings. The highest BCUT2D eigenvalue weighted by Gasteiger charge is 2.26. The Bertz CT molecular complexity index is 591. The average Bonchev–Trinajstić information content (AvgIpc) is 2.86. The van der Waals surface area contributed by atoms with Crippen molar-refractivity contribution in [2.45, 2.75) is 19.5 Å². The smallest absolute Gasteiger partial charge is 0.208 e. The molecule has 0 spiro atoms. The molecular formula is C15H20Cl3N3O. The molecular weight excluding hydrogens is 345 g/mol. The number of nitrogens with zero attached hydrogens (tertiary/aromatic N) is 2. The van der Waals surface area contributed by atoms with Crippen LogP contribution in [0.4, 0.5) is 0 Å². The third kappa shape index (κ3) is 4.37. The predicted molar refractivity (Wildman–Crippen MR) is 93.2 cm³/mol. The molecule has 1 aliphatic heterocycles. The number of rotatable bonds is 3. The second-order valence-electron chi connectivity index (χ2n) is 5.08. The first kappa shape index (κ1) is 19.3. The molecule has 1 saturated heterocycles. The van der Waals surface area contributed by atoms with Gasteiger partial charge in [0.15, 0.2) is 0 Å². The summed E-state index contributed by atoms with van der Waals surface area (Å²) in [6.45, 7) is 5.45. The molecule has 122 valence electrons. The standard InChI is InChI=1S/C15H18ClN3O.2ClH/c1-11-8-18-15(20-11)10-19-7-6-17-9-14(19)12-4-2-3-5-13(12)16;;/h2-5,8,14,17H,6-7,9-10H2,1H3;2*1H. The lowest BCUT2D eigenvalue weighted by atomic mass is 10.0. The fourth-order valence-electron chi connectivity index (χ4n) is 2.64. The van der Waals surface area contributed by atoms with E-state index in [1.54, 1.807) is 6.20 Å². The van der Waals surface area contributed by atoms with Gasteiger partial charge in [0.1, 0.15) is 5.76 Å². The molecule has 0 amide bonds. The SMILES string of the molecule is Cc1cnc(CN2CCNCC2c2ccccc2Cl)o1.Cl.Cl. The quantitative estimate of drug-likeness (QED) is 0.903. The molecule has 1 N–H and O–H groups in total. The van der Waals surface area contributed by atoms with Crippen LogP contribution in [0.25, 0.3) is 0 Å². The fourth-order valence-corrected chi connectivity index (χ4v) is 2.90. The van der Waals surface area contributed by atoms with Crippen molar-refractivity contribution in [3.05, 3.63) is 52.7 Å². The van der Waals surface area contributed by atoms with E-state index in [9.17, 15) is 0 Å². The molecule has 0 radical (unpaired) electrons. The molecule has 0 aliphatic carbocycles. The van der Waals surface area contributed by atoms with Crippen molar-refractivity contribution in [3.63, 3.8) is 0 Å². The first-order valence-electron chi connectivity index (χ1n) is 6.84. The molecule has 0 bridgehead atoms. The number of aryl methyl sites for hydroxylation is 1. The number of oxazole rings is 1. The highest BCUT2D eigenvalue weighted by molar-refractivity contribution is 6.31. The van der Waals surface area contributed by atoms with Crippen LogP contribution in [-0.4, -0.2) is 29.5 Å². The van der Waals surface area contributed by atoms with E-state index in [-0.39, 0.29) is 30.9 Å². The Balaban J connectivity index is 0.00000121. The van der Waals surface area contributed by atoms with E-state index < -0.39 is 0 Å². The molecule has 1 unspecified atom stereocenters. The van der Waals surface area contributed by atoms with E-state index in [0.29, 0.717) is 6.54 Å². The number of piperazine rings is 1. The van der Waals surface area contributed by atoms with E-state index in [1.165, 1.54) is 0 Å². The van der Waals surface area contributed by atoms with Crippen LogP contribution in [0.3, 0.4) is 0 Å². The van der Waals surface area contributed by atoms with Gasteiger partial charge in [0.05, 0.1) is 12.7 Å². The summed E-state index contributed by atoms with van der Waals surface area (Å²) in [5, 5.41) is 4.24. The Morgan fingerprint density at radius 2 is 2.14 bits per heavy atom. The monoisotopic (exact) mass is 363 g/mol. The van der Waals surface area contributed by atoms with Gasteiger partial charge in [-0.3, -0.25) is 4.90 Å². The average molecular weight is 365 g/mol. The van der Waals surface area contributed by atoms with Gasteiger partial charge in [-0.1, -0.05) is 29.8 Å². The van der Waals surface area contributed by atoms with Gasteiger partial charge in [0.2, 0.25) is 5.89 Å². The molecule has 2 aromatic rings. The zero-order valence-electron chi connectivity index (χ0n) is 12.3. The van der Waals surface area contributed by atoms with E-state index in [1.807, 2.05) is 25.1 Å². The highest BCUT2D eigenvalue weighted by Crippen LogP contribution is 2.29. The molecule has 7 heteroatoms. The van der Waals surface area contributed by atoms with Crippen LogP contribution >= 0.6 is 36.4 Å². The fraction of sp³-hybridized carbons (Fsp3) is 0.400. The lowest BCUT2D eigenvalue weighted by Crippen LogP contribution is -2.45. The minimum absolute atomic E-state index is 0. The van der Waals surface area contributed by atoms with Gasteiger partial charge >= 0.3 is 0 Å². The van der Waals surface area contributed by atoms with Crippen LogP contribution in [0.15, 0.2) is 34.9 Å². The summed E-state index contributed by atoms with van der Waals surface area (Å²) >= 11 is 6.34. The summed E-state index contributed by atoms with van der Waals surface area (Å²) < 4.78 is 5.59. The van der Waals surface area contributed by atoms with Crippen molar-refractivity contribution in [2.75, 3.05) is 19.6 Å². The van der Waals surface area contributed by atoms with Crippen molar-refractivity contribution in [1.82, 2.24) is 15.2 Å². The van der Waals surface area contributed by atoms with Crippen molar-refractivity contribution in [2.24, 2.45) is 0 Å². The normalized spacial score (nSPS) is 18.4. The summed E-state index contributed by atoms with van der Waals surface area (Å²) in [7, 11) is 0. The highest BCUT2D eigenvalue weighted by atomic mass is 35.5. The maximum atomic E-state index is 6.34. The number of hydrogen-bond donors (Lipinski definition) is 1. The summed E-state index contributed by atoms with van der Waals surface area (Å²) in [5.74, 6) is 1.62. The second kappa shape index (κ2) is 8.75. The van der Waals surface area contributed by atoms with Crippen LogP contribution < -0.4 is 5.32 Å². The Morgan fingerprint density at radius 3 is 2.82 bits per heavy atom. The van der Waals surface area contributed by atoms with Crippen molar-refractivity contribution < 1.29 is 4.42 Å². The first-order chi connectivity index (χ1) is 9.74. The maximum absolute atomic E-state index is 6.34. The van der Waals surface area contributed by atoms with E-state index in [4.69, 9.17) is 16.0 Å². The zero-order chi connectivity index (χ0) is 13.9. The molecule has 0 saturated carbocycles. The maximum Gasteiger partial charge on any atom is 0.208 e. The molecule has 2 heterocycles. The van der Waals surface area contributed by atoms with E-state index in [0.717, 1.165) is 41.9 Å². The predicted octanol–water partition coefficient (Wildman–Crippen LogP) is 3.63. The molecule has 1 aromatic heterocycles. The van der Waals surface area contributed by atoms with Crippen LogP contribution in [0, 0.1) is 6.92 Å². The van der Waals surface area contributed by atoms with E-state index >= 15 is 0 Å². The minimum atomic E-state index is 0. The van der Waals surface area contributed by atoms with Gasteiger partial charge in [0, 0.05) is 30.7 Å². The van der Waals surface area contributed by atoms with Crippen LogP contribution in [0.2, 0.25) is 5.02 Å². The van der Waals surface area contributed by atoms with Gasteiger partial charge < -0.3 is 9.73 Å². The number of hydrogen-bond acceptors (Lipinski definition) is 4. The van der Waals surface area contributed by atoms with Gasteiger partial charge in [-0.05, 0) is 18.6 Å². The number of halogens is 3. The Hall–Kier alpha value is -0.780. The third-order valence-electron chi connectivity index (χ3n) is 3.63. The molecule has 4 nitrogen and oxygen atoms in total. The summed E-state index contributed by atoms with van der Waals surface area (Å²) in [6.07, 6.45) is 1.77. The number of nitrogens with one attached hydrogen (secondary N) is 1. The van der Waals surface area contributed by atoms with Crippen molar-refractivity contribution >= 4 is 36.4 Å². The largest absolute Gasteiger partial charge is 0.445 e.